The van der Waals surface area contributed by atoms with E-state index < -0.39 is 54.4 Å². The van der Waals surface area contributed by atoms with Crippen molar-refractivity contribution in [1.29, 1.82) is 0 Å². The number of piperidine rings is 1. The second-order valence-electron chi connectivity index (χ2n) is 8.51. The first kappa shape index (κ1) is 27.8. The van der Waals surface area contributed by atoms with Crippen LogP contribution in [0.4, 0.5) is 13.2 Å². The molecule has 1 unspecified atom stereocenters. The standard InChI is InChI=1S/C20H23FN4O5.C3H6F2/c21-13-5-1-3-11-7-15(25-18(11)13)20(30)23-9-17(28)24-14(16(27)10-26)8-12-4-2-6-22-19(12)29;1-3(2,4)5/h1,3,5,7,12,14,25-26H,2,4,6,8-10H2,(H,22,29)(H,23,30)(H,24,28);1-2H3/t12-,14?;/m0./s1. The summed E-state index contributed by atoms with van der Waals surface area (Å²) in [5.41, 5.74) is 0.274. The lowest BCUT2D eigenvalue weighted by atomic mass is 9.90. The van der Waals surface area contributed by atoms with Crippen molar-refractivity contribution in [3.8, 4) is 0 Å². The predicted molar refractivity (Wildman–Crippen MR) is 121 cm³/mol. The third-order valence-corrected chi connectivity index (χ3v) is 5.06. The van der Waals surface area contributed by atoms with E-state index in [1.165, 1.54) is 18.2 Å². The molecule has 1 aliphatic heterocycles. The lowest BCUT2D eigenvalue weighted by molar-refractivity contribution is -0.131. The molecular weight excluding hydrogens is 469 g/mol. The Morgan fingerprint density at radius 1 is 1.26 bits per heavy atom. The number of H-pyrrole nitrogens is 1. The number of ketones is 1. The molecule has 2 heterocycles. The third-order valence-electron chi connectivity index (χ3n) is 5.06. The number of aromatic nitrogens is 1. The third kappa shape index (κ3) is 9.04. The predicted octanol–water partition coefficient (Wildman–Crippen LogP) is 1.66. The van der Waals surface area contributed by atoms with Gasteiger partial charge in [-0.1, -0.05) is 12.1 Å². The topological polar surface area (TPSA) is 140 Å². The Labute approximate surface area is 199 Å². The summed E-state index contributed by atoms with van der Waals surface area (Å²) in [7, 11) is 0. The number of carbonyl (C=O) groups is 4. The molecule has 0 aliphatic carbocycles. The maximum Gasteiger partial charge on any atom is 0.268 e. The van der Waals surface area contributed by atoms with E-state index in [1.54, 1.807) is 6.07 Å². The van der Waals surface area contributed by atoms with Crippen LogP contribution < -0.4 is 16.0 Å². The lowest BCUT2D eigenvalue weighted by Gasteiger charge is -2.26. The molecule has 3 amide bonds. The number of aliphatic hydroxyl groups is 1. The van der Waals surface area contributed by atoms with Crippen molar-refractivity contribution in [2.24, 2.45) is 5.92 Å². The molecule has 5 N–H and O–H groups in total. The molecule has 2 aromatic rings. The molecule has 1 fully saturated rings. The van der Waals surface area contributed by atoms with Crippen LogP contribution in [0.25, 0.3) is 10.9 Å². The van der Waals surface area contributed by atoms with Gasteiger partial charge in [-0.25, -0.2) is 13.2 Å². The highest BCUT2D eigenvalue weighted by Gasteiger charge is 2.29. The van der Waals surface area contributed by atoms with Crippen LogP contribution in [-0.2, 0) is 14.4 Å². The van der Waals surface area contributed by atoms with Crippen LogP contribution in [0.1, 0.15) is 43.6 Å². The van der Waals surface area contributed by atoms with E-state index in [0.717, 1.165) is 20.3 Å². The van der Waals surface area contributed by atoms with E-state index in [-0.39, 0.29) is 23.5 Å². The van der Waals surface area contributed by atoms with Gasteiger partial charge in [0, 0.05) is 17.8 Å². The van der Waals surface area contributed by atoms with E-state index in [1.807, 2.05) is 0 Å². The molecule has 1 aliphatic rings. The number of aliphatic hydroxyl groups excluding tert-OH is 1. The molecule has 0 bridgehead atoms. The van der Waals surface area contributed by atoms with E-state index in [0.29, 0.717) is 18.4 Å². The number of hydrogen-bond acceptors (Lipinski definition) is 5. The minimum absolute atomic E-state index is 0.0756. The fraction of sp³-hybridized carbons (Fsp3) is 0.478. The van der Waals surface area contributed by atoms with Crippen LogP contribution in [-0.4, -0.2) is 65.3 Å². The first-order chi connectivity index (χ1) is 16.4. The zero-order valence-electron chi connectivity index (χ0n) is 19.4. The maximum absolute atomic E-state index is 13.7. The summed E-state index contributed by atoms with van der Waals surface area (Å²) in [4.78, 5) is 51.1. The first-order valence-corrected chi connectivity index (χ1v) is 11.0. The summed E-state index contributed by atoms with van der Waals surface area (Å²) in [5.74, 6) is -5.49. The SMILES string of the molecule is CC(C)(F)F.O=C(CNC(=O)c1cc2cccc(F)c2[nH]1)NC(C[C@@H]1CCCNC1=O)C(=O)CO. The Morgan fingerprint density at radius 3 is 2.54 bits per heavy atom. The smallest absolute Gasteiger partial charge is 0.268 e. The van der Waals surface area contributed by atoms with Gasteiger partial charge in [-0.2, -0.15) is 0 Å². The van der Waals surface area contributed by atoms with E-state index in [9.17, 15) is 32.3 Å². The number of hydrogen-bond donors (Lipinski definition) is 5. The highest BCUT2D eigenvalue weighted by molar-refractivity contribution is 6.00. The van der Waals surface area contributed by atoms with Crippen LogP contribution >= 0.6 is 0 Å². The molecule has 2 atom stereocenters. The summed E-state index contributed by atoms with van der Waals surface area (Å²) in [6.07, 6.45) is 1.43. The van der Waals surface area contributed by atoms with Gasteiger partial charge in [0.1, 0.15) is 18.1 Å². The van der Waals surface area contributed by atoms with Crippen molar-refractivity contribution in [3.05, 3.63) is 35.8 Å². The number of amides is 3. The first-order valence-electron chi connectivity index (χ1n) is 11.0. The van der Waals surface area contributed by atoms with Crippen LogP contribution in [0, 0.1) is 11.7 Å². The molecule has 35 heavy (non-hydrogen) atoms. The van der Waals surface area contributed by atoms with Gasteiger partial charge in [-0.15, -0.1) is 0 Å². The van der Waals surface area contributed by atoms with Crippen molar-refractivity contribution in [1.82, 2.24) is 20.9 Å². The molecule has 0 saturated carbocycles. The molecule has 3 rings (SSSR count). The Morgan fingerprint density at radius 2 is 1.94 bits per heavy atom. The van der Waals surface area contributed by atoms with Crippen LogP contribution in [0.5, 0.6) is 0 Å². The minimum Gasteiger partial charge on any atom is -0.389 e. The lowest BCUT2D eigenvalue weighted by Crippen LogP contribution is -2.49. The Kier molecular flexibility index (Phi) is 9.81. The van der Waals surface area contributed by atoms with Crippen LogP contribution in [0.3, 0.4) is 0 Å². The molecule has 1 aromatic carbocycles. The van der Waals surface area contributed by atoms with Gasteiger partial charge in [-0.05, 0) is 45.2 Å². The Hall–Kier alpha value is -3.41. The van der Waals surface area contributed by atoms with Gasteiger partial charge in [0.25, 0.3) is 5.91 Å². The Bertz CT molecular complexity index is 1060. The number of fused-ring (bicyclic) bond motifs is 1. The summed E-state index contributed by atoms with van der Waals surface area (Å²) in [5, 5.41) is 17.3. The van der Waals surface area contributed by atoms with E-state index in [4.69, 9.17) is 5.11 Å². The van der Waals surface area contributed by atoms with Crippen molar-refractivity contribution in [2.45, 2.75) is 45.1 Å². The van der Waals surface area contributed by atoms with Crippen molar-refractivity contribution in [3.63, 3.8) is 0 Å². The van der Waals surface area contributed by atoms with E-state index in [2.05, 4.69) is 20.9 Å². The van der Waals surface area contributed by atoms with Crippen molar-refractivity contribution in [2.75, 3.05) is 19.7 Å². The molecule has 0 radical (unpaired) electrons. The van der Waals surface area contributed by atoms with Gasteiger partial charge in [0.2, 0.25) is 17.7 Å². The highest BCUT2D eigenvalue weighted by atomic mass is 19.3. The number of alkyl halides is 2. The van der Waals surface area contributed by atoms with Crippen LogP contribution in [0.15, 0.2) is 24.3 Å². The fourth-order valence-corrected chi connectivity index (χ4v) is 3.47. The molecule has 1 aromatic heterocycles. The monoisotopic (exact) mass is 498 g/mol. The maximum atomic E-state index is 13.7. The average molecular weight is 499 g/mol. The number of carbonyl (C=O) groups excluding carboxylic acids is 4. The van der Waals surface area contributed by atoms with Gasteiger partial charge in [0.05, 0.1) is 18.1 Å². The van der Waals surface area contributed by atoms with E-state index >= 15 is 0 Å². The van der Waals surface area contributed by atoms with Crippen molar-refractivity contribution >= 4 is 34.4 Å². The number of Topliss-reactive ketones (excluding diaryl/α,β-unsaturated/α-hetero) is 1. The zero-order chi connectivity index (χ0) is 26.2. The second-order valence-corrected chi connectivity index (χ2v) is 8.51. The quantitative estimate of drug-likeness (QED) is 0.377. The fourth-order valence-electron chi connectivity index (χ4n) is 3.47. The summed E-state index contributed by atoms with van der Waals surface area (Å²) in [6, 6.07) is 4.86. The summed E-state index contributed by atoms with van der Waals surface area (Å²) < 4.78 is 35.8. The molecule has 9 nitrogen and oxygen atoms in total. The number of nitrogens with one attached hydrogen (secondary N) is 4. The van der Waals surface area contributed by atoms with Crippen LogP contribution in [0.2, 0.25) is 0 Å². The number of benzene rings is 1. The molecule has 1 saturated heterocycles. The van der Waals surface area contributed by atoms with Gasteiger partial charge in [0.15, 0.2) is 5.78 Å². The van der Waals surface area contributed by atoms with Gasteiger partial charge in [-0.3, -0.25) is 19.2 Å². The number of aromatic amines is 1. The number of para-hydroxylation sites is 1. The van der Waals surface area contributed by atoms with Gasteiger partial charge >= 0.3 is 0 Å². The highest BCUT2D eigenvalue weighted by Crippen LogP contribution is 2.19. The number of rotatable bonds is 8. The number of halogens is 3. The second kappa shape index (κ2) is 12.3. The summed E-state index contributed by atoms with van der Waals surface area (Å²) >= 11 is 0. The summed E-state index contributed by atoms with van der Waals surface area (Å²) in [6.45, 7) is 1.08. The molecular formula is C23H29F3N4O5. The van der Waals surface area contributed by atoms with Crippen molar-refractivity contribution < 1.29 is 37.5 Å². The normalized spacial score (nSPS) is 16.5. The zero-order valence-corrected chi connectivity index (χ0v) is 19.4. The molecule has 192 valence electrons. The molecule has 0 spiro atoms. The molecule has 12 heteroatoms. The average Bonchev–Trinajstić information content (AvgIpc) is 3.23. The Balaban J connectivity index is 0.000000784. The minimum atomic E-state index is -2.50. The largest absolute Gasteiger partial charge is 0.389 e. The van der Waals surface area contributed by atoms with Gasteiger partial charge < -0.3 is 26.0 Å².